The van der Waals surface area contributed by atoms with E-state index in [1.54, 1.807) is 0 Å². The lowest BCUT2D eigenvalue weighted by atomic mass is 10.3. The zero-order valence-electron chi connectivity index (χ0n) is 7.35. The van der Waals surface area contributed by atoms with E-state index >= 15 is 0 Å². The number of halogens is 5. The molecular formula is C8H7ClF4N2. The molecule has 0 aliphatic carbocycles. The normalized spacial score (nSPS) is 11.9. The Morgan fingerprint density at radius 2 is 2.13 bits per heavy atom. The summed E-state index contributed by atoms with van der Waals surface area (Å²) in [6.07, 6.45) is -2.40. The molecule has 1 aromatic rings. The summed E-state index contributed by atoms with van der Waals surface area (Å²) >= 11 is 5.58. The van der Waals surface area contributed by atoms with Crippen LogP contribution in [0.1, 0.15) is 0 Å². The Morgan fingerprint density at radius 1 is 1.47 bits per heavy atom. The highest BCUT2D eigenvalue weighted by molar-refractivity contribution is 6.32. The smallest absolute Gasteiger partial charge is 0.324 e. The first-order valence-corrected chi connectivity index (χ1v) is 4.31. The molecule has 0 aliphatic heterocycles. The number of anilines is 1. The molecule has 1 aromatic heterocycles. The highest BCUT2D eigenvalue weighted by atomic mass is 35.5. The van der Waals surface area contributed by atoms with Crippen LogP contribution in [0.4, 0.5) is 23.4 Å². The number of aromatic nitrogens is 1. The first-order chi connectivity index (χ1) is 6.93. The van der Waals surface area contributed by atoms with Gasteiger partial charge in [-0.1, -0.05) is 11.6 Å². The van der Waals surface area contributed by atoms with Crippen molar-refractivity contribution in [3.63, 3.8) is 0 Å². The van der Waals surface area contributed by atoms with Crippen molar-refractivity contribution in [1.29, 1.82) is 0 Å². The Hall–Kier alpha value is -1.04. The van der Waals surface area contributed by atoms with Gasteiger partial charge < -0.3 is 5.32 Å². The van der Waals surface area contributed by atoms with Crippen LogP contribution in [-0.4, -0.2) is 23.9 Å². The Kier molecular flexibility index (Phi) is 3.73. The molecule has 0 unspecified atom stereocenters. The molecule has 1 heterocycles. The molecule has 15 heavy (non-hydrogen) atoms. The fourth-order valence-corrected chi connectivity index (χ4v) is 0.983. The monoisotopic (exact) mass is 242 g/mol. The number of alkyl halides is 4. The summed E-state index contributed by atoms with van der Waals surface area (Å²) < 4.78 is 48.5. The van der Waals surface area contributed by atoms with Crippen molar-refractivity contribution in [2.24, 2.45) is 0 Å². The van der Waals surface area contributed by atoms with Crippen LogP contribution in [0.3, 0.4) is 0 Å². The first-order valence-electron chi connectivity index (χ1n) is 3.94. The van der Waals surface area contributed by atoms with E-state index in [1.807, 2.05) is 0 Å². The maximum Gasteiger partial charge on any atom is 0.324 e. The molecule has 0 saturated heterocycles. The Bertz CT molecular complexity index is 332. The lowest BCUT2D eigenvalue weighted by Gasteiger charge is -2.16. The molecule has 1 rings (SSSR count). The Labute approximate surface area is 88.3 Å². The van der Waals surface area contributed by atoms with Gasteiger partial charge >= 0.3 is 12.3 Å². The van der Waals surface area contributed by atoms with E-state index in [9.17, 15) is 17.6 Å². The molecule has 2 nitrogen and oxygen atoms in total. The van der Waals surface area contributed by atoms with Crippen LogP contribution in [0.2, 0.25) is 5.02 Å². The minimum atomic E-state index is -4.10. The summed E-state index contributed by atoms with van der Waals surface area (Å²) in [5, 5.41) is 2.16. The van der Waals surface area contributed by atoms with Crippen LogP contribution >= 0.6 is 11.6 Å². The third kappa shape index (κ3) is 3.23. The second kappa shape index (κ2) is 4.65. The van der Waals surface area contributed by atoms with Gasteiger partial charge in [0, 0.05) is 6.20 Å². The number of pyridine rings is 1. The van der Waals surface area contributed by atoms with Crippen molar-refractivity contribution < 1.29 is 17.6 Å². The van der Waals surface area contributed by atoms with Crippen LogP contribution in [0, 0.1) is 0 Å². The van der Waals surface area contributed by atoms with E-state index in [0.29, 0.717) is 0 Å². The highest BCUT2D eigenvalue weighted by Crippen LogP contribution is 2.24. The van der Waals surface area contributed by atoms with Gasteiger partial charge in [-0.15, -0.1) is 0 Å². The van der Waals surface area contributed by atoms with E-state index in [-0.39, 0.29) is 10.8 Å². The van der Waals surface area contributed by atoms with Crippen LogP contribution in [0.5, 0.6) is 0 Å². The largest absolute Gasteiger partial charge is 0.363 e. The quantitative estimate of drug-likeness (QED) is 0.821. The molecule has 7 heteroatoms. The molecule has 0 amide bonds. The van der Waals surface area contributed by atoms with Gasteiger partial charge in [-0.25, -0.2) is 13.8 Å². The molecule has 0 saturated carbocycles. The summed E-state index contributed by atoms with van der Waals surface area (Å²) in [4.78, 5) is 3.62. The molecule has 0 radical (unpaired) electrons. The Morgan fingerprint density at radius 3 is 2.67 bits per heavy atom. The van der Waals surface area contributed by atoms with Gasteiger partial charge in [0.2, 0.25) is 0 Å². The molecule has 84 valence electrons. The standard InChI is InChI=1S/C8H7ClF4N2/c9-5-2-1-3-14-6(5)15-4-8(12,13)7(10)11/h1-3,7H,4H2,(H,14,15). The minimum Gasteiger partial charge on any atom is -0.363 e. The summed E-state index contributed by atoms with van der Waals surface area (Å²) in [6, 6.07) is 2.91. The van der Waals surface area contributed by atoms with Crippen LogP contribution in [0.25, 0.3) is 0 Å². The van der Waals surface area contributed by atoms with E-state index < -0.39 is 18.9 Å². The molecule has 0 spiro atoms. The van der Waals surface area contributed by atoms with Gasteiger partial charge in [-0.2, -0.15) is 8.78 Å². The maximum absolute atomic E-state index is 12.5. The number of hydrogen-bond donors (Lipinski definition) is 1. The SMILES string of the molecule is FC(F)C(F)(F)CNc1ncccc1Cl. The molecule has 0 aliphatic rings. The van der Waals surface area contributed by atoms with Crippen LogP contribution in [-0.2, 0) is 0 Å². The van der Waals surface area contributed by atoms with Crippen LogP contribution in [0.15, 0.2) is 18.3 Å². The van der Waals surface area contributed by atoms with Gasteiger partial charge in [0.1, 0.15) is 5.82 Å². The summed E-state index contributed by atoms with van der Waals surface area (Å²) in [5.74, 6) is -4.14. The molecule has 0 aromatic carbocycles. The number of rotatable bonds is 4. The summed E-state index contributed by atoms with van der Waals surface area (Å²) in [7, 11) is 0. The zero-order chi connectivity index (χ0) is 11.5. The van der Waals surface area contributed by atoms with E-state index in [4.69, 9.17) is 11.6 Å². The Balaban J connectivity index is 2.62. The molecular weight excluding hydrogens is 236 g/mol. The summed E-state index contributed by atoms with van der Waals surface area (Å²) in [5.41, 5.74) is 0. The van der Waals surface area contributed by atoms with Crippen molar-refractivity contribution in [2.45, 2.75) is 12.3 Å². The van der Waals surface area contributed by atoms with E-state index in [0.717, 1.165) is 0 Å². The minimum absolute atomic E-state index is 0.0421. The fourth-order valence-electron chi connectivity index (χ4n) is 0.794. The first kappa shape index (κ1) is 12.0. The van der Waals surface area contributed by atoms with Crippen molar-refractivity contribution in [2.75, 3.05) is 11.9 Å². The second-order valence-corrected chi connectivity index (χ2v) is 3.16. The van der Waals surface area contributed by atoms with Gasteiger partial charge in [0.05, 0.1) is 11.6 Å². The van der Waals surface area contributed by atoms with Crippen molar-refractivity contribution in [1.82, 2.24) is 4.98 Å². The molecule has 0 bridgehead atoms. The molecule has 1 N–H and O–H groups in total. The van der Waals surface area contributed by atoms with E-state index in [1.165, 1.54) is 18.3 Å². The third-order valence-electron chi connectivity index (χ3n) is 1.57. The van der Waals surface area contributed by atoms with Crippen LogP contribution < -0.4 is 5.32 Å². The topological polar surface area (TPSA) is 24.9 Å². The van der Waals surface area contributed by atoms with Crippen molar-refractivity contribution in [3.8, 4) is 0 Å². The second-order valence-electron chi connectivity index (χ2n) is 2.75. The van der Waals surface area contributed by atoms with Gasteiger partial charge in [0.25, 0.3) is 0 Å². The average Bonchev–Trinajstić information content (AvgIpc) is 2.16. The molecule has 0 fully saturated rings. The predicted molar refractivity (Wildman–Crippen MR) is 48.7 cm³/mol. The average molecular weight is 243 g/mol. The fraction of sp³-hybridized carbons (Fsp3) is 0.375. The van der Waals surface area contributed by atoms with Gasteiger partial charge in [-0.3, -0.25) is 0 Å². The third-order valence-corrected chi connectivity index (χ3v) is 1.87. The van der Waals surface area contributed by atoms with Gasteiger partial charge in [0.15, 0.2) is 0 Å². The van der Waals surface area contributed by atoms with E-state index in [2.05, 4.69) is 10.3 Å². The lowest BCUT2D eigenvalue weighted by molar-refractivity contribution is -0.117. The summed E-state index contributed by atoms with van der Waals surface area (Å²) in [6.45, 7) is -1.21. The predicted octanol–water partition coefficient (Wildman–Crippen LogP) is 3.05. The number of nitrogens with zero attached hydrogens (tertiary/aromatic N) is 1. The number of hydrogen-bond acceptors (Lipinski definition) is 2. The van der Waals surface area contributed by atoms with Crippen molar-refractivity contribution in [3.05, 3.63) is 23.4 Å². The van der Waals surface area contributed by atoms with Gasteiger partial charge in [-0.05, 0) is 12.1 Å². The van der Waals surface area contributed by atoms with Crippen molar-refractivity contribution >= 4 is 17.4 Å². The lowest BCUT2D eigenvalue weighted by Crippen LogP contribution is -2.35. The molecule has 0 atom stereocenters. The maximum atomic E-state index is 12.5. The zero-order valence-corrected chi connectivity index (χ0v) is 8.11. The number of nitrogens with one attached hydrogen (secondary N) is 1. The highest BCUT2D eigenvalue weighted by Gasteiger charge is 2.40.